The van der Waals surface area contributed by atoms with E-state index in [1.165, 1.54) is 18.2 Å². The zero-order valence-electron chi connectivity index (χ0n) is 18.6. The lowest BCUT2D eigenvalue weighted by Crippen LogP contribution is -2.35. The maximum Gasteiger partial charge on any atom is 0.417 e. The maximum atomic E-state index is 13.4. The van der Waals surface area contributed by atoms with E-state index in [0.717, 1.165) is 31.2 Å². The molecule has 2 heterocycles. The molecule has 1 saturated heterocycles. The molecule has 7 nitrogen and oxygen atoms in total. The minimum atomic E-state index is -4.68. The Bertz CT molecular complexity index is 1150. The average Bonchev–Trinajstić information content (AvgIpc) is 2.83. The van der Waals surface area contributed by atoms with Gasteiger partial charge in [0.05, 0.1) is 16.0 Å². The third-order valence-corrected chi connectivity index (χ3v) is 6.48. The first-order valence-electron chi connectivity index (χ1n) is 10.4. The van der Waals surface area contributed by atoms with E-state index in [0.29, 0.717) is 19.0 Å². The van der Waals surface area contributed by atoms with Gasteiger partial charge in [-0.1, -0.05) is 26.8 Å². The SMILES string of the molecule is CC1CCN(c2ncc(C(F)(F)F)cc2C(=O)Nc2cccc(S(N)(=O)=O)c2)CC(C)(C)C1. The molecule has 33 heavy (non-hydrogen) atoms. The number of halogens is 3. The summed E-state index contributed by atoms with van der Waals surface area (Å²) in [6.07, 6.45) is -2.20. The average molecular weight is 485 g/mol. The molecule has 180 valence electrons. The molecular weight excluding hydrogens is 457 g/mol. The molecular formula is C22H27F3N4O3S. The summed E-state index contributed by atoms with van der Waals surface area (Å²) in [5.74, 6) is -0.256. The van der Waals surface area contributed by atoms with Crippen molar-refractivity contribution >= 4 is 27.4 Å². The number of carbonyl (C=O) groups excluding carboxylic acids is 1. The molecule has 11 heteroatoms. The van der Waals surface area contributed by atoms with Gasteiger partial charge in [-0.2, -0.15) is 13.2 Å². The number of alkyl halides is 3. The second-order valence-corrected chi connectivity index (χ2v) is 10.9. The largest absolute Gasteiger partial charge is 0.417 e. The fourth-order valence-corrected chi connectivity index (χ4v) is 4.80. The van der Waals surface area contributed by atoms with Crippen molar-refractivity contribution in [2.75, 3.05) is 23.3 Å². The number of nitrogens with two attached hydrogens (primary N) is 1. The van der Waals surface area contributed by atoms with Crippen LogP contribution >= 0.6 is 0 Å². The van der Waals surface area contributed by atoms with Crippen molar-refractivity contribution in [1.82, 2.24) is 4.98 Å². The number of hydrogen-bond donors (Lipinski definition) is 2. The number of anilines is 2. The summed E-state index contributed by atoms with van der Waals surface area (Å²) in [5.41, 5.74) is -1.33. The van der Waals surface area contributed by atoms with Crippen molar-refractivity contribution in [2.45, 2.75) is 44.7 Å². The lowest BCUT2D eigenvalue weighted by Gasteiger charge is -2.31. The number of amides is 1. The first-order valence-corrected chi connectivity index (χ1v) is 12.0. The van der Waals surface area contributed by atoms with Crippen LogP contribution in [0.1, 0.15) is 49.5 Å². The van der Waals surface area contributed by atoms with E-state index in [-0.39, 0.29) is 27.4 Å². The van der Waals surface area contributed by atoms with Gasteiger partial charge in [-0.25, -0.2) is 18.5 Å². The van der Waals surface area contributed by atoms with Crippen LogP contribution < -0.4 is 15.4 Å². The van der Waals surface area contributed by atoms with Crippen LogP contribution in [-0.2, 0) is 16.2 Å². The molecule has 1 fully saturated rings. The summed E-state index contributed by atoms with van der Waals surface area (Å²) in [5, 5.41) is 7.61. The second kappa shape index (κ2) is 8.94. The third kappa shape index (κ3) is 6.23. The Morgan fingerprint density at radius 2 is 1.97 bits per heavy atom. The van der Waals surface area contributed by atoms with Gasteiger partial charge in [0.25, 0.3) is 5.91 Å². The predicted octanol–water partition coefficient (Wildman–Crippen LogP) is 4.26. The number of pyridine rings is 1. The van der Waals surface area contributed by atoms with E-state index in [9.17, 15) is 26.4 Å². The molecule has 0 saturated carbocycles. The van der Waals surface area contributed by atoms with Crippen molar-refractivity contribution in [1.29, 1.82) is 0 Å². The third-order valence-electron chi connectivity index (χ3n) is 5.57. The van der Waals surface area contributed by atoms with Crippen LogP contribution in [0.15, 0.2) is 41.4 Å². The Morgan fingerprint density at radius 3 is 2.61 bits per heavy atom. The summed E-state index contributed by atoms with van der Waals surface area (Å²) in [4.78, 5) is 18.8. The molecule has 1 unspecified atom stereocenters. The summed E-state index contributed by atoms with van der Waals surface area (Å²) < 4.78 is 63.4. The molecule has 0 spiro atoms. The highest BCUT2D eigenvalue weighted by Gasteiger charge is 2.35. The smallest absolute Gasteiger partial charge is 0.355 e. The molecule has 1 atom stereocenters. The number of hydrogen-bond acceptors (Lipinski definition) is 5. The quantitative estimate of drug-likeness (QED) is 0.675. The van der Waals surface area contributed by atoms with Gasteiger partial charge < -0.3 is 10.2 Å². The van der Waals surface area contributed by atoms with E-state index >= 15 is 0 Å². The van der Waals surface area contributed by atoms with Gasteiger partial charge in [0.15, 0.2) is 0 Å². The van der Waals surface area contributed by atoms with Crippen LogP contribution in [-0.4, -0.2) is 32.4 Å². The van der Waals surface area contributed by atoms with Crippen molar-refractivity contribution in [3.63, 3.8) is 0 Å². The summed E-state index contributed by atoms with van der Waals surface area (Å²) >= 11 is 0. The molecule has 1 aliphatic rings. The van der Waals surface area contributed by atoms with Crippen LogP contribution in [0.5, 0.6) is 0 Å². The van der Waals surface area contributed by atoms with E-state index in [4.69, 9.17) is 5.14 Å². The van der Waals surface area contributed by atoms with Gasteiger partial charge in [-0.3, -0.25) is 4.79 Å². The van der Waals surface area contributed by atoms with E-state index in [1.54, 1.807) is 0 Å². The van der Waals surface area contributed by atoms with Crippen LogP contribution in [0, 0.1) is 11.3 Å². The standard InChI is InChI=1S/C22H27F3N4O3S/c1-14-7-8-29(13-21(2,3)11-14)19-18(9-15(12-27-19)22(23,24)25)20(30)28-16-5-4-6-17(10-16)33(26,31)32/h4-6,9-10,12,14H,7-8,11,13H2,1-3H3,(H,28,30)(H2,26,31,32). The molecule has 1 aromatic carbocycles. The second-order valence-electron chi connectivity index (χ2n) is 9.30. The van der Waals surface area contributed by atoms with E-state index < -0.39 is 27.7 Å². The van der Waals surface area contributed by atoms with Crippen molar-refractivity contribution in [3.05, 3.63) is 47.7 Å². The first-order chi connectivity index (χ1) is 15.2. The minimum absolute atomic E-state index is 0.0831. The van der Waals surface area contributed by atoms with Crippen molar-refractivity contribution in [3.8, 4) is 0 Å². The van der Waals surface area contributed by atoms with Crippen LogP contribution in [0.3, 0.4) is 0 Å². The fourth-order valence-electron chi connectivity index (χ4n) is 4.24. The first kappa shape index (κ1) is 25.0. The zero-order chi connectivity index (χ0) is 24.6. The van der Waals surface area contributed by atoms with Gasteiger partial charge >= 0.3 is 6.18 Å². The predicted molar refractivity (Wildman–Crippen MR) is 119 cm³/mol. The molecule has 0 radical (unpaired) electrons. The highest BCUT2D eigenvalue weighted by Crippen LogP contribution is 2.36. The van der Waals surface area contributed by atoms with Gasteiger partial charge in [-0.15, -0.1) is 0 Å². The highest BCUT2D eigenvalue weighted by atomic mass is 32.2. The van der Waals surface area contributed by atoms with E-state index in [2.05, 4.69) is 31.1 Å². The number of carbonyl (C=O) groups is 1. The molecule has 1 aliphatic heterocycles. The Kier molecular flexibility index (Phi) is 6.77. The Balaban J connectivity index is 2.02. The molecule has 1 aromatic heterocycles. The molecule has 0 aliphatic carbocycles. The molecule has 1 amide bonds. The monoisotopic (exact) mass is 484 g/mol. The Morgan fingerprint density at radius 1 is 1.27 bits per heavy atom. The number of benzene rings is 1. The van der Waals surface area contributed by atoms with Gasteiger partial charge in [-0.05, 0) is 48.4 Å². The number of nitrogens with zero attached hydrogens (tertiary/aromatic N) is 2. The number of nitrogens with one attached hydrogen (secondary N) is 1. The Labute approximate surface area is 191 Å². The van der Waals surface area contributed by atoms with E-state index in [1.807, 2.05) is 4.90 Å². The molecule has 3 rings (SSSR count). The summed E-state index contributed by atoms with van der Waals surface area (Å²) in [6.45, 7) is 7.34. The normalized spacial score (nSPS) is 19.1. The number of primary sulfonamides is 1. The van der Waals surface area contributed by atoms with Crippen molar-refractivity contribution in [2.24, 2.45) is 16.5 Å². The lowest BCUT2D eigenvalue weighted by molar-refractivity contribution is -0.137. The Hall–Kier alpha value is -2.66. The summed E-state index contributed by atoms with van der Waals surface area (Å²) in [6, 6.07) is 5.97. The summed E-state index contributed by atoms with van der Waals surface area (Å²) in [7, 11) is -4.02. The number of aromatic nitrogens is 1. The topological polar surface area (TPSA) is 105 Å². The molecule has 0 bridgehead atoms. The van der Waals surface area contributed by atoms with Gasteiger partial charge in [0.1, 0.15) is 5.82 Å². The van der Waals surface area contributed by atoms with Crippen LogP contribution in [0.25, 0.3) is 0 Å². The minimum Gasteiger partial charge on any atom is -0.355 e. The van der Waals surface area contributed by atoms with Crippen LogP contribution in [0.4, 0.5) is 24.7 Å². The number of sulfonamides is 1. The number of rotatable bonds is 4. The molecule has 2 aromatic rings. The molecule has 3 N–H and O–H groups in total. The van der Waals surface area contributed by atoms with Crippen molar-refractivity contribution < 1.29 is 26.4 Å². The van der Waals surface area contributed by atoms with Gasteiger partial charge in [0.2, 0.25) is 10.0 Å². The van der Waals surface area contributed by atoms with Crippen LogP contribution in [0.2, 0.25) is 0 Å². The maximum absolute atomic E-state index is 13.4. The highest BCUT2D eigenvalue weighted by molar-refractivity contribution is 7.89. The zero-order valence-corrected chi connectivity index (χ0v) is 19.4. The fraction of sp³-hybridized carbons (Fsp3) is 0.455. The lowest BCUT2D eigenvalue weighted by atomic mass is 9.83. The van der Waals surface area contributed by atoms with Gasteiger partial charge in [0, 0.05) is 25.0 Å².